The van der Waals surface area contributed by atoms with Crippen LogP contribution in [0.1, 0.15) is 65.7 Å². The first kappa shape index (κ1) is 39.2. The molecule has 2 saturated carbocycles. The van der Waals surface area contributed by atoms with Crippen molar-refractivity contribution in [2.24, 2.45) is 5.92 Å². The van der Waals surface area contributed by atoms with E-state index >= 15 is 0 Å². The second-order valence-corrected chi connectivity index (χ2v) is 18.1. The lowest BCUT2D eigenvalue weighted by molar-refractivity contribution is -0.141. The van der Waals surface area contributed by atoms with E-state index in [9.17, 15) is 27.6 Å². The second kappa shape index (κ2) is 15.8. The fourth-order valence-corrected chi connectivity index (χ4v) is 8.76. The van der Waals surface area contributed by atoms with Gasteiger partial charge in [-0.2, -0.15) is 0 Å². The molecule has 5 atom stereocenters. The van der Waals surface area contributed by atoms with Gasteiger partial charge < -0.3 is 30.3 Å². The van der Waals surface area contributed by atoms with E-state index in [0.29, 0.717) is 43.9 Å². The lowest BCUT2D eigenvalue weighted by Crippen LogP contribution is -2.58. The number of fused-ring (bicyclic) bond motifs is 3. The number of sulfonamides is 1. The molecule has 7 rings (SSSR count). The van der Waals surface area contributed by atoms with Crippen molar-refractivity contribution >= 4 is 44.6 Å². The third-order valence-electron chi connectivity index (χ3n) is 10.6. The first-order valence-electron chi connectivity index (χ1n) is 19.4. The molecule has 3 aromatic rings. The zero-order valence-corrected chi connectivity index (χ0v) is 32.8. The van der Waals surface area contributed by atoms with Crippen molar-refractivity contribution in [2.45, 2.75) is 100 Å². The van der Waals surface area contributed by atoms with Crippen LogP contribution in [-0.2, 0) is 29.1 Å². The molecule has 3 fully saturated rings. The van der Waals surface area contributed by atoms with Crippen molar-refractivity contribution in [3.05, 3.63) is 72.8 Å². The maximum Gasteiger partial charge on any atom is 0.408 e. The van der Waals surface area contributed by atoms with E-state index in [1.165, 1.54) is 4.90 Å². The molecule has 4 amide bonds. The van der Waals surface area contributed by atoms with Gasteiger partial charge in [0, 0.05) is 23.3 Å². The highest BCUT2D eigenvalue weighted by molar-refractivity contribution is 7.91. The van der Waals surface area contributed by atoms with Gasteiger partial charge in [-0.15, -0.1) is 0 Å². The summed E-state index contributed by atoms with van der Waals surface area (Å²) >= 11 is 0. The second-order valence-electron chi connectivity index (χ2n) is 16.1. The van der Waals surface area contributed by atoms with E-state index in [4.69, 9.17) is 14.5 Å². The molecule has 15 heteroatoms. The number of carbonyl (C=O) groups is 4. The van der Waals surface area contributed by atoms with Crippen LogP contribution in [0.2, 0.25) is 0 Å². The summed E-state index contributed by atoms with van der Waals surface area (Å²) in [6.07, 6.45) is 5.13. The molecule has 1 aromatic heterocycles. The van der Waals surface area contributed by atoms with Gasteiger partial charge in [-0.1, -0.05) is 60.7 Å². The Morgan fingerprint density at radius 3 is 2.50 bits per heavy atom. The summed E-state index contributed by atoms with van der Waals surface area (Å²) in [5.74, 6) is -2.06. The summed E-state index contributed by atoms with van der Waals surface area (Å²) in [6.45, 7) is 6.19. The van der Waals surface area contributed by atoms with Crippen LogP contribution in [0.5, 0.6) is 5.88 Å². The Labute approximate surface area is 327 Å². The monoisotopic (exact) mass is 786 g/mol. The number of amides is 4. The molecule has 14 nitrogen and oxygen atoms in total. The first-order valence-corrected chi connectivity index (χ1v) is 20.9. The fourth-order valence-electron chi connectivity index (χ4n) is 7.40. The van der Waals surface area contributed by atoms with Crippen LogP contribution < -0.4 is 25.4 Å². The summed E-state index contributed by atoms with van der Waals surface area (Å²) in [7, 11) is -3.90. The highest BCUT2D eigenvalue weighted by Gasteiger charge is 2.62. The molecule has 3 heterocycles. The number of nitrogens with one attached hydrogen (secondary N) is 4. The number of carbonyl (C=O) groups excluding carboxylic acids is 4. The van der Waals surface area contributed by atoms with E-state index < -0.39 is 74.3 Å². The van der Waals surface area contributed by atoms with Crippen LogP contribution in [0, 0.1) is 5.92 Å². The van der Waals surface area contributed by atoms with E-state index in [1.807, 2.05) is 72.8 Å². The third kappa shape index (κ3) is 8.99. The predicted octanol–water partition coefficient (Wildman–Crippen LogP) is 3.96. The standard InChI is InChI=1S/C41H50N6O8S/c1-40(2,3)55-39(51)44-32-19-21-42-20-11-5-8-15-28-24-41(28,38(50)46-56(52,53)30-17-18-30)45-35(48)34-23-29(25-47(34)37(32)49)54-36-31-16-10-9-14-27(31)22-33(43-36)26-12-6-4-7-13-26/h4,6-10,12-16,22,28-30,32,34,42H,5,11,17-21,23-25H2,1-3H3,(H,44,51)(H,45,48)(H,46,50)/b15-8-/t28-,29-,32+,34+,41-/m1/s1. The Hall–Kier alpha value is -5.02. The summed E-state index contributed by atoms with van der Waals surface area (Å²) in [4.78, 5) is 62.2. The topological polar surface area (TPSA) is 185 Å². The number of nitrogens with zero attached hydrogens (tertiary/aromatic N) is 2. The van der Waals surface area contributed by atoms with Gasteiger partial charge in [0.15, 0.2) is 0 Å². The van der Waals surface area contributed by atoms with Crippen molar-refractivity contribution in [3.8, 4) is 17.1 Å². The lowest BCUT2D eigenvalue weighted by atomic mass is 10.1. The summed E-state index contributed by atoms with van der Waals surface area (Å²) in [5, 5.41) is 9.98. The van der Waals surface area contributed by atoms with E-state index in [-0.39, 0.29) is 25.8 Å². The van der Waals surface area contributed by atoms with Crippen molar-refractivity contribution in [1.82, 2.24) is 30.6 Å². The van der Waals surface area contributed by atoms with Crippen LogP contribution in [0.3, 0.4) is 0 Å². The molecule has 4 aliphatic rings. The van der Waals surface area contributed by atoms with Gasteiger partial charge in [-0.3, -0.25) is 19.1 Å². The average Bonchev–Trinajstić information content (AvgIpc) is 4.08. The summed E-state index contributed by atoms with van der Waals surface area (Å²) in [5.41, 5.74) is -0.765. The zero-order chi connectivity index (χ0) is 39.7. The predicted molar refractivity (Wildman–Crippen MR) is 210 cm³/mol. The van der Waals surface area contributed by atoms with E-state index in [2.05, 4.69) is 20.7 Å². The number of rotatable bonds is 7. The van der Waals surface area contributed by atoms with Gasteiger partial charge in [0.05, 0.1) is 17.5 Å². The Bertz CT molecular complexity index is 2120. The molecule has 298 valence electrons. The van der Waals surface area contributed by atoms with Gasteiger partial charge >= 0.3 is 6.09 Å². The summed E-state index contributed by atoms with van der Waals surface area (Å²) < 4.78 is 40.2. The zero-order valence-electron chi connectivity index (χ0n) is 32.0. The smallest absolute Gasteiger partial charge is 0.408 e. The Balaban J connectivity index is 1.22. The number of aromatic nitrogens is 1. The molecule has 0 radical (unpaired) electrons. The van der Waals surface area contributed by atoms with Crippen LogP contribution in [-0.4, -0.2) is 96.3 Å². The molecule has 56 heavy (non-hydrogen) atoms. The number of hydrogen-bond acceptors (Lipinski definition) is 10. The largest absolute Gasteiger partial charge is 0.472 e. The van der Waals surface area contributed by atoms with Crippen LogP contribution in [0.25, 0.3) is 22.0 Å². The van der Waals surface area contributed by atoms with Gasteiger partial charge in [0.25, 0.3) is 5.91 Å². The summed E-state index contributed by atoms with van der Waals surface area (Å²) in [6, 6.07) is 17.1. The van der Waals surface area contributed by atoms with Gasteiger partial charge in [-0.25, -0.2) is 18.2 Å². The van der Waals surface area contributed by atoms with E-state index in [1.54, 1.807) is 20.8 Å². The molecule has 0 bridgehead atoms. The number of ether oxygens (including phenoxy) is 2. The Kier molecular flexibility index (Phi) is 11.1. The Morgan fingerprint density at radius 1 is 1.00 bits per heavy atom. The quantitative estimate of drug-likeness (QED) is 0.256. The van der Waals surface area contributed by atoms with Crippen LogP contribution >= 0.6 is 0 Å². The molecule has 2 aliphatic carbocycles. The highest BCUT2D eigenvalue weighted by Crippen LogP contribution is 2.46. The maximum atomic E-state index is 14.6. The van der Waals surface area contributed by atoms with E-state index in [0.717, 1.165) is 22.8 Å². The van der Waals surface area contributed by atoms with Crippen molar-refractivity contribution in [3.63, 3.8) is 0 Å². The number of hydrogen-bond donors (Lipinski definition) is 4. The van der Waals surface area contributed by atoms with Crippen LogP contribution in [0.4, 0.5) is 4.79 Å². The normalized spacial score (nSPS) is 26.7. The van der Waals surface area contributed by atoms with Gasteiger partial charge in [-0.05, 0) is 89.9 Å². The van der Waals surface area contributed by atoms with Crippen molar-refractivity contribution in [1.29, 1.82) is 0 Å². The molecular weight excluding hydrogens is 737 g/mol. The minimum Gasteiger partial charge on any atom is -0.472 e. The fraction of sp³-hybridized carbons (Fsp3) is 0.488. The minimum atomic E-state index is -3.90. The van der Waals surface area contributed by atoms with Crippen LogP contribution in [0.15, 0.2) is 72.8 Å². The van der Waals surface area contributed by atoms with Crippen molar-refractivity contribution < 1.29 is 37.1 Å². The molecule has 2 aromatic carbocycles. The molecule has 0 unspecified atom stereocenters. The van der Waals surface area contributed by atoms with Crippen molar-refractivity contribution in [2.75, 3.05) is 19.6 Å². The Morgan fingerprint density at radius 2 is 1.75 bits per heavy atom. The molecule has 1 saturated heterocycles. The average molecular weight is 787 g/mol. The van der Waals surface area contributed by atoms with Gasteiger partial charge in [0.1, 0.15) is 29.3 Å². The molecule has 4 N–H and O–H groups in total. The molecule has 2 aliphatic heterocycles. The first-order chi connectivity index (χ1) is 26.7. The number of pyridine rings is 1. The maximum absolute atomic E-state index is 14.6. The lowest BCUT2D eigenvalue weighted by Gasteiger charge is -2.30. The highest BCUT2D eigenvalue weighted by atomic mass is 32.2. The molecule has 0 spiro atoms. The number of allylic oxidation sites excluding steroid dienone is 1. The number of alkyl carbamates (subject to hydrolysis) is 1. The third-order valence-corrected chi connectivity index (χ3v) is 12.4. The SMILES string of the molecule is CC(C)(C)OC(=O)N[C@H]1CCNCCC/C=C\[C@@H]2C[C@@]2(C(=O)NS(=O)(=O)C2CC2)NC(=O)[C@@H]2C[C@@H](Oc3nc(-c4ccccc4)cc4ccccc34)CN2C1=O. The molecular formula is C41H50N6O8S. The minimum absolute atomic E-state index is 0.0268. The van der Waals surface area contributed by atoms with Gasteiger partial charge in [0.2, 0.25) is 27.7 Å². The number of benzene rings is 2.